The molecule has 2 aromatic heterocycles. The maximum atomic E-state index is 12.2. The van der Waals surface area contributed by atoms with Crippen LogP contribution >= 0.6 is 0 Å². The summed E-state index contributed by atoms with van der Waals surface area (Å²) in [5.74, 6) is 1.87. The summed E-state index contributed by atoms with van der Waals surface area (Å²) >= 11 is 0. The number of rotatable bonds is 10. The van der Waals surface area contributed by atoms with E-state index in [-0.39, 0.29) is 6.61 Å². The Labute approximate surface area is 214 Å². The molecule has 2 N–H and O–H groups in total. The monoisotopic (exact) mass is 501 g/mol. The molecule has 2 heterocycles. The standard InChI is InChI=1S/C27H27N5O5/c1-4-21-22(31-27(33)36-14-13-34-2)17-32-26(21)25(18(15-28)16-29-32)30-19-9-11-20(12-10-19)37-24-8-6-5-7-23(24)35-3/h5-12,16-17,30H,4,13-14H2,1-3H3,(H,31,33). The lowest BCUT2D eigenvalue weighted by Crippen LogP contribution is -2.16. The maximum Gasteiger partial charge on any atom is 0.411 e. The van der Waals surface area contributed by atoms with Gasteiger partial charge >= 0.3 is 6.09 Å². The highest BCUT2D eigenvalue weighted by atomic mass is 16.6. The molecule has 0 aliphatic rings. The number of nitrogens with zero attached hydrogens (tertiary/aromatic N) is 3. The average molecular weight is 502 g/mol. The second-order valence-corrected chi connectivity index (χ2v) is 7.87. The van der Waals surface area contributed by atoms with Gasteiger partial charge in [0.15, 0.2) is 11.5 Å². The van der Waals surface area contributed by atoms with E-state index in [0.717, 1.165) is 11.3 Å². The van der Waals surface area contributed by atoms with Crippen LogP contribution in [0.25, 0.3) is 5.52 Å². The summed E-state index contributed by atoms with van der Waals surface area (Å²) in [6, 6.07) is 16.9. The number of carbonyl (C=O) groups excluding carboxylic acids is 1. The number of aromatic nitrogens is 2. The van der Waals surface area contributed by atoms with Crippen molar-refractivity contribution in [3.8, 4) is 23.3 Å². The Balaban J connectivity index is 1.61. The van der Waals surface area contributed by atoms with Crippen molar-refractivity contribution >= 4 is 28.7 Å². The third-order valence-corrected chi connectivity index (χ3v) is 5.56. The summed E-state index contributed by atoms with van der Waals surface area (Å²) in [4.78, 5) is 12.2. The number of benzene rings is 2. The van der Waals surface area contributed by atoms with Crippen LogP contribution in [0, 0.1) is 11.3 Å². The zero-order chi connectivity index (χ0) is 26.2. The van der Waals surface area contributed by atoms with Gasteiger partial charge in [0, 0.05) is 18.4 Å². The molecule has 0 saturated carbocycles. The van der Waals surface area contributed by atoms with Crippen molar-refractivity contribution in [2.24, 2.45) is 0 Å². The van der Waals surface area contributed by atoms with Crippen LogP contribution in [0.4, 0.5) is 21.9 Å². The second kappa shape index (κ2) is 11.8. The molecule has 0 aliphatic heterocycles. The Hall–Kier alpha value is -4.75. The number of aryl methyl sites for hydroxylation is 1. The van der Waals surface area contributed by atoms with Gasteiger partial charge in [0.1, 0.15) is 18.4 Å². The highest BCUT2D eigenvalue weighted by Gasteiger charge is 2.19. The van der Waals surface area contributed by atoms with E-state index in [1.165, 1.54) is 13.3 Å². The summed E-state index contributed by atoms with van der Waals surface area (Å²) in [6.45, 7) is 2.40. The summed E-state index contributed by atoms with van der Waals surface area (Å²) in [7, 11) is 3.12. The van der Waals surface area contributed by atoms with Crippen LogP contribution in [0.2, 0.25) is 0 Å². The number of hydrogen-bond acceptors (Lipinski definition) is 8. The Morgan fingerprint density at radius 1 is 1.08 bits per heavy atom. The van der Waals surface area contributed by atoms with Gasteiger partial charge in [-0.3, -0.25) is 5.32 Å². The first-order valence-corrected chi connectivity index (χ1v) is 11.6. The molecule has 0 aliphatic carbocycles. The molecule has 10 nitrogen and oxygen atoms in total. The fourth-order valence-electron chi connectivity index (χ4n) is 3.82. The number of ether oxygens (including phenoxy) is 4. The molecule has 4 rings (SSSR count). The number of nitrogens with one attached hydrogen (secondary N) is 2. The molecule has 0 atom stereocenters. The number of fused-ring (bicyclic) bond motifs is 1. The Morgan fingerprint density at radius 2 is 1.84 bits per heavy atom. The molecule has 0 fully saturated rings. The highest BCUT2D eigenvalue weighted by Crippen LogP contribution is 2.35. The third-order valence-electron chi connectivity index (χ3n) is 5.56. The van der Waals surface area contributed by atoms with Gasteiger partial charge in [-0.1, -0.05) is 19.1 Å². The maximum absolute atomic E-state index is 12.2. The summed E-state index contributed by atoms with van der Waals surface area (Å²) in [6.07, 6.45) is 3.17. The number of anilines is 3. The van der Waals surface area contributed by atoms with Crippen LogP contribution < -0.4 is 20.1 Å². The fourth-order valence-corrected chi connectivity index (χ4v) is 3.82. The largest absolute Gasteiger partial charge is 0.493 e. The van der Waals surface area contributed by atoms with Crippen LogP contribution in [0.3, 0.4) is 0 Å². The summed E-state index contributed by atoms with van der Waals surface area (Å²) < 4.78 is 23.0. The summed E-state index contributed by atoms with van der Waals surface area (Å²) in [5, 5.41) is 20.2. The number of amides is 1. The first-order valence-electron chi connectivity index (χ1n) is 11.6. The molecule has 0 saturated heterocycles. The number of para-hydroxylation sites is 2. The topological polar surface area (TPSA) is 119 Å². The minimum Gasteiger partial charge on any atom is -0.493 e. The normalized spacial score (nSPS) is 10.5. The Kier molecular flexibility index (Phi) is 8.08. The van der Waals surface area contributed by atoms with Crippen molar-refractivity contribution < 1.29 is 23.7 Å². The number of hydrogen-bond donors (Lipinski definition) is 2. The molecule has 190 valence electrons. The van der Waals surface area contributed by atoms with E-state index < -0.39 is 6.09 Å². The lowest BCUT2D eigenvalue weighted by Gasteiger charge is -2.13. The molecule has 1 amide bonds. The summed E-state index contributed by atoms with van der Waals surface area (Å²) in [5.41, 5.74) is 3.73. The first kappa shape index (κ1) is 25.3. The van der Waals surface area contributed by atoms with E-state index in [1.54, 1.807) is 17.8 Å². The number of carbonyl (C=O) groups is 1. The van der Waals surface area contributed by atoms with E-state index in [4.69, 9.17) is 18.9 Å². The molecular formula is C27H27N5O5. The predicted molar refractivity (Wildman–Crippen MR) is 139 cm³/mol. The van der Waals surface area contributed by atoms with Crippen molar-refractivity contribution in [3.63, 3.8) is 0 Å². The first-order chi connectivity index (χ1) is 18.1. The molecule has 4 aromatic rings. The second-order valence-electron chi connectivity index (χ2n) is 7.87. The quantitative estimate of drug-likeness (QED) is 0.273. The lowest BCUT2D eigenvalue weighted by molar-refractivity contribution is 0.107. The molecular weight excluding hydrogens is 474 g/mol. The lowest BCUT2D eigenvalue weighted by atomic mass is 10.1. The average Bonchev–Trinajstić information content (AvgIpc) is 3.27. The Morgan fingerprint density at radius 3 is 2.51 bits per heavy atom. The van der Waals surface area contributed by atoms with Gasteiger partial charge in [0.25, 0.3) is 0 Å². The predicted octanol–water partition coefficient (Wildman–Crippen LogP) is 5.51. The fraction of sp³-hybridized carbons (Fsp3) is 0.222. The minimum atomic E-state index is -0.594. The van der Waals surface area contributed by atoms with Crippen LogP contribution in [0.15, 0.2) is 60.9 Å². The van der Waals surface area contributed by atoms with Crippen molar-refractivity contribution in [2.75, 3.05) is 38.1 Å². The van der Waals surface area contributed by atoms with E-state index in [0.29, 0.717) is 52.7 Å². The van der Waals surface area contributed by atoms with Gasteiger partial charge in [-0.05, 0) is 42.8 Å². The van der Waals surface area contributed by atoms with Gasteiger partial charge in [-0.25, -0.2) is 9.31 Å². The highest BCUT2D eigenvalue weighted by molar-refractivity contribution is 5.93. The third kappa shape index (κ3) is 5.74. The van der Waals surface area contributed by atoms with Crippen LogP contribution in [-0.2, 0) is 15.9 Å². The van der Waals surface area contributed by atoms with E-state index in [1.807, 2.05) is 55.5 Å². The van der Waals surface area contributed by atoms with Gasteiger partial charge in [0.2, 0.25) is 0 Å². The minimum absolute atomic E-state index is 0.136. The molecule has 0 spiro atoms. The van der Waals surface area contributed by atoms with E-state index in [2.05, 4.69) is 21.8 Å². The SMILES string of the molecule is CCc1c(NC(=O)OCCOC)cn2ncc(C#N)c(Nc3ccc(Oc4ccccc4OC)cc3)c12. The van der Waals surface area contributed by atoms with Gasteiger partial charge in [-0.2, -0.15) is 10.4 Å². The van der Waals surface area contributed by atoms with Crippen LogP contribution in [0.5, 0.6) is 17.2 Å². The smallest absolute Gasteiger partial charge is 0.411 e. The zero-order valence-electron chi connectivity index (χ0n) is 20.8. The van der Waals surface area contributed by atoms with Gasteiger partial charge < -0.3 is 24.3 Å². The molecule has 0 unspecified atom stereocenters. The van der Waals surface area contributed by atoms with Gasteiger partial charge in [0.05, 0.1) is 48.6 Å². The van der Waals surface area contributed by atoms with Gasteiger partial charge in [-0.15, -0.1) is 0 Å². The molecule has 0 radical (unpaired) electrons. The van der Waals surface area contributed by atoms with Crippen molar-refractivity contribution in [2.45, 2.75) is 13.3 Å². The Bertz CT molecular complexity index is 1430. The van der Waals surface area contributed by atoms with Crippen LogP contribution in [0.1, 0.15) is 18.1 Å². The number of nitriles is 1. The van der Waals surface area contributed by atoms with Crippen molar-refractivity contribution in [3.05, 3.63) is 72.1 Å². The molecule has 0 bridgehead atoms. The van der Waals surface area contributed by atoms with Crippen molar-refractivity contribution in [1.82, 2.24) is 9.61 Å². The zero-order valence-corrected chi connectivity index (χ0v) is 20.8. The molecule has 2 aromatic carbocycles. The number of methoxy groups -OCH3 is 2. The van der Waals surface area contributed by atoms with Crippen LogP contribution in [-0.4, -0.2) is 43.1 Å². The van der Waals surface area contributed by atoms with E-state index >= 15 is 0 Å². The van der Waals surface area contributed by atoms with Crippen molar-refractivity contribution in [1.29, 1.82) is 5.26 Å². The van der Waals surface area contributed by atoms with E-state index in [9.17, 15) is 10.1 Å². The molecule has 37 heavy (non-hydrogen) atoms. The molecule has 10 heteroatoms.